The van der Waals surface area contributed by atoms with E-state index in [9.17, 15) is 0 Å². The molecule has 0 bridgehead atoms. The molecule has 0 saturated carbocycles. The monoisotopic (exact) mass is 357 g/mol. The molecule has 112 valence electrons. The minimum absolute atomic E-state index is 0.128. The Morgan fingerprint density at radius 1 is 1.09 bits per heavy atom. The second kappa shape index (κ2) is 6.32. The van der Waals surface area contributed by atoms with Crippen LogP contribution in [0.1, 0.15) is 13.8 Å². The van der Waals surface area contributed by atoms with Crippen molar-refractivity contribution in [2.75, 3.05) is 5.32 Å². The normalized spacial score (nSPS) is 10.9. The molecule has 2 aromatic carbocycles. The molecule has 4 nitrogen and oxygen atoms in total. The number of hydrogen-bond acceptors (Lipinski definition) is 4. The van der Waals surface area contributed by atoms with E-state index < -0.39 is 0 Å². The molecule has 0 aliphatic carbocycles. The number of halogens is 1. The van der Waals surface area contributed by atoms with E-state index in [1.54, 1.807) is 6.33 Å². The number of ether oxygens (including phenoxy) is 1. The number of rotatable bonds is 4. The predicted molar refractivity (Wildman–Crippen MR) is 92.7 cm³/mol. The second-order valence-corrected chi connectivity index (χ2v) is 6.12. The van der Waals surface area contributed by atoms with Gasteiger partial charge in [0.15, 0.2) is 0 Å². The van der Waals surface area contributed by atoms with Gasteiger partial charge in [-0.25, -0.2) is 9.97 Å². The highest BCUT2D eigenvalue weighted by Gasteiger charge is 2.07. The van der Waals surface area contributed by atoms with Crippen LogP contribution in [-0.2, 0) is 0 Å². The van der Waals surface area contributed by atoms with Crippen LogP contribution in [0.25, 0.3) is 10.9 Å². The van der Waals surface area contributed by atoms with Gasteiger partial charge >= 0.3 is 0 Å². The lowest BCUT2D eigenvalue weighted by Gasteiger charge is -2.12. The molecule has 0 unspecified atom stereocenters. The Morgan fingerprint density at radius 3 is 2.73 bits per heavy atom. The first-order chi connectivity index (χ1) is 10.6. The van der Waals surface area contributed by atoms with Crippen molar-refractivity contribution in [2.45, 2.75) is 20.0 Å². The summed E-state index contributed by atoms with van der Waals surface area (Å²) in [5.41, 5.74) is 1.84. The lowest BCUT2D eigenvalue weighted by atomic mass is 10.2. The zero-order valence-corrected chi connectivity index (χ0v) is 14.0. The largest absolute Gasteiger partial charge is 0.491 e. The van der Waals surface area contributed by atoms with E-state index in [-0.39, 0.29) is 6.10 Å². The number of fused-ring (bicyclic) bond motifs is 1. The molecule has 0 fully saturated rings. The highest BCUT2D eigenvalue weighted by Crippen LogP contribution is 2.28. The number of benzene rings is 2. The van der Waals surface area contributed by atoms with E-state index in [1.807, 2.05) is 56.3 Å². The van der Waals surface area contributed by atoms with Crippen LogP contribution in [0, 0.1) is 0 Å². The van der Waals surface area contributed by atoms with Crippen molar-refractivity contribution in [3.05, 3.63) is 53.3 Å². The van der Waals surface area contributed by atoms with Crippen molar-refractivity contribution in [1.82, 2.24) is 9.97 Å². The molecule has 0 spiro atoms. The molecule has 0 saturated heterocycles. The van der Waals surface area contributed by atoms with Crippen molar-refractivity contribution < 1.29 is 4.74 Å². The van der Waals surface area contributed by atoms with Crippen LogP contribution < -0.4 is 10.1 Å². The predicted octanol–water partition coefficient (Wildman–Crippen LogP) is 4.92. The van der Waals surface area contributed by atoms with Gasteiger partial charge in [0.1, 0.15) is 17.9 Å². The number of nitrogens with zero attached hydrogens (tertiary/aromatic N) is 2. The molecule has 1 N–H and O–H groups in total. The van der Waals surface area contributed by atoms with Gasteiger partial charge in [-0.3, -0.25) is 0 Å². The molecular weight excluding hydrogens is 342 g/mol. The summed E-state index contributed by atoms with van der Waals surface area (Å²) >= 11 is 3.47. The summed E-state index contributed by atoms with van der Waals surface area (Å²) < 4.78 is 6.77. The molecule has 0 atom stereocenters. The standard InChI is InChI=1S/C17H16BrN3O/c1-11(2)22-14-6-7-16-15(9-14)17(20-10-19-16)21-13-5-3-4-12(18)8-13/h3-11H,1-2H3,(H,19,20,21). The Kier molecular flexibility index (Phi) is 4.24. The second-order valence-electron chi connectivity index (χ2n) is 5.20. The maximum atomic E-state index is 5.76. The van der Waals surface area contributed by atoms with Gasteiger partial charge in [0.05, 0.1) is 11.6 Å². The molecule has 0 aliphatic rings. The van der Waals surface area contributed by atoms with E-state index in [1.165, 1.54) is 0 Å². The maximum Gasteiger partial charge on any atom is 0.141 e. The number of anilines is 2. The minimum atomic E-state index is 0.128. The maximum absolute atomic E-state index is 5.76. The fourth-order valence-corrected chi connectivity index (χ4v) is 2.58. The van der Waals surface area contributed by atoms with E-state index in [0.29, 0.717) is 0 Å². The van der Waals surface area contributed by atoms with Gasteiger partial charge in [-0.15, -0.1) is 0 Å². The average Bonchev–Trinajstić information content (AvgIpc) is 2.47. The van der Waals surface area contributed by atoms with Crippen LogP contribution in [0.3, 0.4) is 0 Å². The fourth-order valence-electron chi connectivity index (χ4n) is 2.18. The van der Waals surface area contributed by atoms with E-state index >= 15 is 0 Å². The molecule has 3 aromatic rings. The third kappa shape index (κ3) is 3.36. The first-order valence-electron chi connectivity index (χ1n) is 7.06. The summed E-state index contributed by atoms with van der Waals surface area (Å²) in [7, 11) is 0. The van der Waals surface area contributed by atoms with Crippen molar-refractivity contribution in [3.63, 3.8) is 0 Å². The third-order valence-corrected chi connectivity index (χ3v) is 3.56. The molecule has 1 aromatic heterocycles. The van der Waals surface area contributed by atoms with Gasteiger partial charge in [-0.2, -0.15) is 0 Å². The van der Waals surface area contributed by atoms with Gasteiger partial charge in [0.2, 0.25) is 0 Å². The first kappa shape index (κ1) is 14.8. The summed E-state index contributed by atoms with van der Waals surface area (Å²) in [6.45, 7) is 4.01. The van der Waals surface area contributed by atoms with Gasteiger partial charge in [-0.05, 0) is 50.2 Å². The molecule has 22 heavy (non-hydrogen) atoms. The van der Waals surface area contributed by atoms with Crippen molar-refractivity contribution in [2.24, 2.45) is 0 Å². The molecule has 0 aliphatic heterocycles. The van der Waals surface area contributed by atoms with Crippen molar-refractivity contribution >= 4 is 38.3 Å². The Hall–Kier alpha value is -2.14. The summed E-state index contributed by atoms with van der Waals surface area (Å²) in [6.07, 6.45) is 1.69. The fraction of sp³-hybridized carbons (Fsp3) is 0.176. The first-order valence-corrected chi connectivity index (χ1v) is 7.85. The highest BCUT2D eigenvalue weighted by molar-refractivity contribution is 9.10. The Bertz CT molecular complexity index is 805. The van der Waals surface area contributed by atoms with Crippen LogP contribution in [0.4, 0.5) is 11.5 Å². The van der Waals surface area contributed by atoms with E-state index in [2.05, 4.69) is 31.2 Å². The zero-order valence-electron chi connectivity index (χ0n) is 12.4. The van der Waals surface area contributed by atoms with Crippen molar-refractivity contribution in [1.29, 1.82) is 0 Å². The molecule has 0 amide bonds. The van der Waals surface area contributed by atoms with Crippen LogP contribution in [0.5, 0.6) is 5.75 Å². The summed E-state index contributed by atoms with van der Waals surface area (Å²) in [5.74, 6) is 1.58. The number of nitrogens with one attached hydrogen (secondary N) is 1. The lowest BCUT2D eigenvalue weighted by molar-refractivity contribution is 0.243. The van der Waals surface area contributed by atoms with E-state index in [4.69, 9.17) is 4.74 Å². The summed E-state index contributed by atoms with van der Waals surface area (Å²) in [6, 6.07) is 13.8. The van der Waals surface area contributed by atoms with E-state index in [0.717, 1.165) is 32.6 Å². The summed E-state index contributed by atoms with van der Waals surface area (Å²) in [5, 5.41) is 4.26. The molecule has 3 rings (SSSR count). The zero-order chi connectivity index (χ0) is 15.5. The van der Waals surface area contributed by atoms with Gasteiger partial charge < -0.3 is 10.1 Å². The van der Waals surface area contributed by atoms with Crippen molar-refractivity contribution in [3.8, 4) is 5.75 Å². The smallest absolute Gasteiger partial charge is 0.141 e. The molecule has 0 radical (unpaired) electrons. The quantitative estimate of drug-likeness (QED) is 0.719. The molecule has 5 heteroatoms. The van der Waals surface area contributed by atoms with Crippen LogP contribution in [0.15, 0.2) is 53.3 Å². The lowest BCUT2D eigenvalue weighted by Crippen LogP contribution is -2.05. The Morgan fingerprint density at radius 2 is 1.95 bits per heavy atom. The third-order valence-electron chi connectivity index (χ3n) is 3.07. The topological polar surface area (TPSA) is 47.0 Å². The number of hydrogen-bond donors (Lipinski definition) is 1. The molecule has 1 heterocycles. The van der Waals surface area contributed by atoms with Gasteiger partial charge in [0.25, 0.3) is 0 Å². The van der Waals surface area contributed by atoms with Crippen LogP contribution in [0.2, 0.25) is 0 Å². The minimum Gasteiger partial charge on any atom is -0.491 e. The molecular formula is C17H16BrN3O. The van der Waals surface area contributed by atoms with Crippen LogP contribution >= 0.6 is 15.9 Å². The SMILES string of the molecule is CC(C)Oc1ccc2ncnc(Nc3cccc(Br)c3)c2c1. The van der Waals surface area contributed by atoms with Gasteiger partial charge in [-0.1, -0.05) is 22.0 Å². The Labute approximate surface area is 137 Å². The Balaban J connectivity index is 2.01. The van der Waals surface area contributed by atoms with Crippen LogP contribution in [-0.4, -0.2) is 16.1 Å². The van der Waals surface area contributed by atoms with Gasteiger partial charge in [0, 0.05) is 15.5 Å². The highest BCUT2D eigenvalue weighted by atomic mass is 79.9. The average molecular weight is 358 g/mol. The summed E-state index contributed by atoms with van der Waals surface area (Å²) in [4.78, 5) is 8.66. The number of aromatic nitrogens is 2.